The van der Waals surface area contributed by atoms with Crippen LogP contribution in [0.3, 0.4) is 0 Å². The number of hydrogen-bond donors (Lipinski definition) is 0. The van der Waals surface area contributed by atoms with Gasteiger partial charge in [0.1, 0.15) is 11.5 Å². The van der Waals surface area contributed by atoms with Gasteiger partial charge in [-0.25, -0.2) is 4.68 Å². The maximum Gasteiger partial charge on any atom is 0.257 e. The van der Waals surface area contributed by atoms with Crippen LogP contribution in [0, 0.1) is 0 Å². The second kappa shape index (κ2) is 10.7. The normalized spacial score (nSPS) is 11.5. The van der Waals surface area contributed by atoms with Gasteiger partial charge in [-0.3, -0.25) is 0 Å². The van der Waals surface area contributed by atoms with Crippen LogP contribution in [0.5, 0.6) is 11.5 Å². The number of rotatable bonds is 8. The third-order valence-corrected chi connectivity index (χ3v) is 5.75. The molecule has 0 aliphatic rings. The molecule has 36 heavy (non-hydrogen) atoms. The van der Waals surface area contributed by atoms with E-state index in [0.29, 0.717) is 33.6 Å². The van der Waals surface area contributed by atoms with Crippen LogP contribution >= 0.6 is 27.5 Å². The average molecular weight is 567 g/mol. The van der Waals surface area contributed by atoms with Crippen molar-refractivity contribution in [3.05, 3.63) is 99.6 Å². The SMILES string of the molecule is Cn1nnnc1/C(=N\OCc1nnc(-c2ccc(Oc3ccc(Br)cc3)cc2Cl)o1)c1ccccc1. The highest BCUT2D eigenvalue weighted by Gasteiger charge is 2.16. The van der Waals surface area contributed by atoms with E-state index in [1.807, 2.05) is 54.6 Å². The van der Waals surface area contributed by atoms with Crippen molar-refractivity contribution in [1.29, 1.82) is 0 Å². The Hall–Kier alpha value is -4.09. The Morgan fingerprint density at radius 3 is 2.50 bits per heavy atom. The Balaban J connectivity index is 1.29. The first-order valence-electron chi connectivity index (χ1n) is 10.6. The highest BCUT2D eigenvalue weighted by Crippen LogP contribution is 2.32. The first-order valence-corrected chi connectivity index (χ1v) is 11.8. The Morgan fingerprint density at radius 1 is 1.00 bits per heavy atom. The molecule has 5 rings (SSSR count). The number of benzene rings is 3. The fraction of sp³-hybridized carbons (Fsp3) is 0.0833. The van der Waals surface area contributed by atoms with E-state index in [-0.39, 0.29) is 18.4 Å². The lowest BCUT2D eigenvalue weighted by atomic mass is 10.1. The molecule has 0 amide bonds. The maximum atomic E-state index is 6.46. The third-order valence-electron chi connectivity index (χ3n) is 4.91. The zero-order chi connectivity index (χ0) is 24.9. The molecule has 2 aromatic heterocycles. The van der Waals surface area contributed by atoms with E-state index in [1.165, 1.54) is 4.68 Å². The predicted octanol–water partition coefficient (Wildman–Crippen LogP) is 5.44. The van der Waals surface area contributed by atoms with Crippen molar-refractivity contribution in [3.63, 3.8) is 0 Å². The van der Waals surface area contributed by atoms with Gasteiger partial charge >= 0.3 is 0 Å². The highest BCUT2D eigenvalue weighted by molar-refractivity contribution is 9.10. The van der Waals surface area contributed by atoms with Gasteiger partial charge in [0, 0.05) is 23.2 Å². The Kier molecular flexibility index (Phi) is 7.01. The van der Waals surface area contributed by atoms with Gasteiger partial charge in [-0.1, -0.05) is 63.0 Å². The van der Waals surface area contributed by atoms with Crippen LogP contribution in [-0.2, 0) is 18.5 Å². The smallest absolute Gasteiger partial charge is 0.257 e. The van der Waals surface area contributed by atoms with Crippen molar-refractivity contribution in [2.45, 2.75) is 6.61 Å². The quantitative estimate of drug-likeness (QED) is 0.180. The summed E-state index contributed by atoms with van der Waals surface area (Å²) in [7, 11) is 1.72. The molecule has 12 heteroatoms. The second-order valence-corrected chi connectivity index (χ2v) is 8.73. The number of nitrogens with zero attached hydrogens (tertiary/aromatic N) is 7. The minimum absolute atomic E-state index is 0.0585. The van der Waals surface area contributed by atoms with Crippen LogP contribution in [0.1, 0.15) is 17.3 Å². The molecule has 0 aliphatic carbocycles. The van der Waals surface area contributed by atoms with E-state index >= 15 is 0 Å². The minimum Gasteiger partial charge on any atom is -0.457 e. The summed E-state index contributed by atoms with van der Waals surface area (Å²) in [5.41, 5.74) is 1.82. The van der Waals surface area contributed by atoms with E-state index in [2.05, 4.69) is 46.8 Å². The van der Waals surface area contributed by atoms with E-state index in [0.717, 1.165) is 10.0 Å². The topological polar surface area (TPSA) is 113 Å². The lowest BCUT2D eigenvalue weighted by Gasteiger charge is -2.07. The summed E-state index contributed by atoms with van der Waals surface area (Å²) in [6, 6.07) is 22.1. The van der Waals surface area contributed by atoms with Gasteiger partial charge in [0.25, 0.3) is 5.89 Å². The van der Waals surface area contributed by atoms with Crippen molar-refractivity contribution in [2.24, 2.45) is 12.2 Å². The van der Waals surface area contributed by atoms with Gasteiger partial charge in [0.15, 0.2) is 12.3 Å². The van der Waals surface area contributed by atoms with Crippen molar-refractivity contribution >= 4 is 33.2 Å². The number of halogens is 2. The summed E-state index contributed by atoms with van der Waals surface area (Å²) in [5.74, 6) is 2.19. The first-order chi connectivity index (χ1) is 17.6. The van der Waals surface area contributed by atoms with Crippen LogP contribution in [0.15, 0.2) is 86.8 Å². The number of oxime groups is 1. The minimum atomic E-state index is -0.0585. The van der Waals surface area contributed by atoms with E-state index in [9.17, 15) is 0 Å². The summed E-state index contributed by atoms with van der Waals surface area (Å²) >= 11 is 9.86. The van der Waals surface area contributed by atoms with E-state index < -0.39 is 0 Å². The standard InChI is InChI=1S/C24H17BrClN7O3/c1-33-23(28-31-32-33)22(15-5-3-2-4-6-15)30-34-14-21-27-29-24(36-21)19-12-11-18(13-20(19)26)35-17-9-7-16(25)8-10-17/h2-13H,14H2,1H3/b30-22-. The molecule has 0 N–H and O–H groups in total. The molecule has 0 unspecified atom stereocenters. The molecule has 0 atom stereocenters. The Labute approximate surface area is 218 Å². The summed E-state index contributed by atoms with van der Waals surface area (Å²) < 4.78 is 14.0. The number of tetrazole rings is 1. The highest BCUT2D eigenvalue weighted by atomic mass is 79.9. The zero-order valence-electron chi connectivity index (χ0n) is 18.7. The largest absolute Gasteiger partial charge is 0.457 e. The molecular formula is C24H17BrClN7O3. The molecule has 2 heterocycles. The summed E-state index contributed by atoms with van der Waals surface area (Å²) in [4.78, 5) is 5.51. The fourth-order valence-corrected chi connectivity index (χ4v) is 3.71. The molecule has 0 aliphatic heterocycles. The lowest BCUT2D eigenvalue weighted by Crippen LogP contribution is -2.12. The van der Waals surface area contributed by atoms with Crippen LogP contribution in [-0.4, -0.2) is 36.1 Å². The van der Waals surface area contributed by atoms with Crippen molar-refractivity contribution < 1.29 is 14.0 Å². The van der Waals surface area contributed by atoms with Gasteiger partial charge in [-0.05, 0) is 46.8 Å². The van der Waals surface area contributed by atoms with Crippen molar-refractivity contribution in [3.8, 4) is 23.0 Å². The molecular weight excluding hydrogens is 550 g/mol. The van der Waals surface area contributed by atoms with Crippen molar-refractivity contribution in [2.75, 3.05) is 0 Å². The van der Waals surface area contributed by atoms with Crippen LogP contribution < -0.4 is 4.74 Å². The van der Waals surface area contributed by atoms with Gasteiger partial charge in [-0.15, -0.1) is 15.3 Å². The van der Waals surface area contributed by atoms with Crippen molar-refractivity contribution in [1.82, 2.24) is 30.4 Å². The molecule has 3 aromatic carbocycles. The van der Waals surface area contributed by atoms with Gasteiger partial charge < -0.3 is 14.0 Å². The van der Waals surface area contributed by atoms with Crippen LogP contribution in [0.4, 0.5) is 0 Å². The fourth-order valence-electron chi connectivity index (χ4n) is 3.19. The number of aromatic nitrogens is 6. The lowest BCUT2D eigenvalue weighted by molar-refractivity contribution is 0.111. The molecule has 0 saturated carbocycles. The molecule has 0 radical (unpaired) electrons. The summed E-state index contributed by atoms with van der Waals surface area (Å²) in [6.07, 6.45) is 0. The van der Waals surface area contributed by atoms with Gasteiger partial charge in [-0.2, -0.15) is 0 Å². The molecule has 0 spiro atoms. The maximum absolute atomic E-state index is 6.46. The molecule has 0 saturated heterocycles. The number of aryl methyl sites for hydroxylation is 1. The van der Waals surface area contributed by atoms with Gasteiger partial charge in [0.2, 0.25) is 11.7 Å². The molecule has 0 fully saturated rings. The average Bonchev–Trinajstić information content (AvgIpc) is 3.53. The van der Waals surface area contributed by atoms with Crippen LogP contribution in [0.25, 0.3) is 11.5 Å². The summed E-state index contributed by atoms with van der Waals surface area (Å²) in [6.45, 7) is -0.0585. The van der Waals surface area contributed by atoms with E-state index in [4.69, 9.17) is 25.6 Å². The monoisotopic (exact) mass is 565 g/mol. The first kappa shape index (κ1) is 23.6. The van der Waals surface area contributed by atoms with Crippen LogP contribution in [0.2, 0.25) is 5.02 Å². The molecule has 180 valence electrons. The zero-order valence-corrected chi connectivity index (χ0v) is 21.1. The number of ether oxygens (including phenoxy) is 1. The number of hydrogen-bond acceptors (Lipinski definition) is 9. The third kappa shape index (κ3) is 5.42. The molecule has 0 bridgehead atoms. The Morgan fingerprint density at radius 2 is 1.78 bits per heavy atom. The Bertz CT molecular complexity index is 1500. The predicted molar refractivity (Wildman–Crippen MR) is 135 cm³/mol. The second-order valence-electron chi connectivity index (χ2n) is 7.40. The molecule has 5 aromatic rings. The molecule has 10 nitrogen and oxygen atoms in total. The van der Waals surface area contributed by atoms with E-state index in [1.54, 1.807) is 25.2 Å². The van der Waals surface area contributed by atoms with Gasteiger partial charge in [0.05, 0.1) is 10.6 Å². The summed E-state index contributed by atoms with van der Waals surface area (Å²) in [5, 5.41) is 24.3.